The van der Waals surface area contributed by atoms with Gasteiger partial charge < -0.3 is 0 Å². The summed E-state index contributed by atoms with van der Waals surface area (Å²) in [7, 11) is 0. The summed E-state index contributed by atoms with van der Waals surface area (Å²) < 4.78 is 0. The molecule has 3 aromatic rings. The number of hydrogen-bond acceptors (Lipinski definition) is 2. The fourth-order valence-electron chi connectivity index (χ4n) is 4.33. The Morgan fingerprint density at radius 1 is 0.865 bits per heavy atom. The molecule has 0 spiro atoms. The zero-order chi connectivity index (χ0) is 26.8. The molecule has 3 aromatic carbocycles. The van der Waals surface area contributed by atoms with Gasteiger partial charge in [0, 0.05) is 16.7 Å². The molecule has 0 unspecified atom stereocenters. The van der Waals surface area contributed by atoms with E-state index in [2.05, 4.69) is 118 Å². The highest BCUT2D eigenvalue weighted by Crippen LogP contribution is 2.30. The van der Waals surface area contributed by atoms with E-state index in [1.807, 2.05) is 32.1 Å². The monoisotopic (exact) mass is 484 g/mol. The van der Waals surface area contributed by atoms with Crippen LogP contribution in [0.2, 0.25) is 0 Å². The first-order valence-corrected chi connectivity index (χ1v) is 12.5. The Morgan fingerprint density at radius 2 is 1.51 bits per heavy atom. The number of allylic oxidation sites excluding steroid dienone is 6. The first kappa shape index (κ1) is 27.3. The van der Waals surface area contributed by atoms with Crippen LogP contribution in [-0.4, -0.2) is 12.4 Å². The number of benzene rings is 3. The van der Waals surface area contributed by atoms with Gasteiger partial charge in [0.2, 0.25) is 0 Å². The predicted molar refractivity (Wildman–Crippen MR) is 163 cm³/mol. The van der Waals surface area contributed by atoms with E-state index in [1.54, 1.807) is 0 Å². The molecule has 186 valence electrons. The van der Waals surface area contributed by atoms with Gasteiger partial charge in [0.25, 0.3) is 0 Å². The minimum absolute atomic E-state index is 0.539. The topological polar surface area (TPSA) is 24.7 Å². The standard InChI is InChI=1S/C35H36N2/c1-8-15-26(5)31(9-2)34(36-7)27(6)35(37-24-28-20-22-29(23-21-28)25(3)4)33-19-14-13-18-32(33)30-16-11-10-12-17-30/h8-23H,2-3,7,24H2,1,4-6H3/b15-8-,31-26+,34-27-,37-35?. The van der Waals surface area contributed by atoms with Gasteiger partial charge in [0.05, 0.1) is 18.0 Å². The zero-order valence-electron chi connectivity index (χ0n) is 22.5. The van der Waals surface area contributed by atoms with Crippen LogP contribution in [0.25, 0.3) is 16.7 Å². The van der Waals surface area contributed by atoms with Crippen LogP contribution >= 0.6 is 0 Å². The first-order chi connectivity index (χ1) is 17.9. The highest BCUT2D eigenvalue weighted by Gasteiger charge is 2.17. The van der Waals surface area contributed by atoms with Crippen LogP contribution in [0.5, 0.6) is 0 Å². The summed E-state index contributed by atoms with van der Waals surface area (Å²) in [6.45, 7) is 20.7. The molecule has 37 heavy (non-hydrogen) atoms. The van der Waals surface area contributed by atoms with Crippen molar-refractivity contribution in [1.29, 1.82) is 0 Å². The molecule has 0 aliphatic carbocycles. The Labute approximate surface area is 222 Å². The third kappa shape index (κ3) is 6.68. The van der Waals surface area contributed by atoms with E-state index in [1.165, 1.54) is 0 Å². The van der Waals surface area contributed by atoms with E-state index in [4.69, 9.17) is 4.99 Å². The van der Waals surface area contributed by atoms with Gasteiger partial charge in [-0.15, -0.1) is 0 Å². The molecule has 3 rings (SSSR count). The maximum atomic E-state index is 5.19. The van der Waals surface area contributed by atoms with Gasteiger partial charge >= 0.3 is 0 Å². The van der Waals surface area contributed by atoms with Crippen LogP contribution in [0.1, 0.15) is 44.4 Å². The maximum absolute atomic E-state index is 5.19. The van der Waals surface area contributed by atoms with Gasteiger partial charge in [-0.3, -0.25) is 9.98 Å². The van der Waals surface area contributed by atoms with Crippen molar-refractivity contribution in [3.8, 4) is 11.1 Å². The average Bonchev–Trinajstić information content (AvgIpc) is 2.92. The lowest BCUT2D eigenvalue weighted by Gasteiger charge is -2.17. The third-order valence-electron chi connectivity index (χ3n) is 6.30. The molecule has 0 aromatic heterocycles. The largest absolute Gasteiger partial charge is 0.280 e. The lowest BCUT2D eigenvalue weighted by atomic mass is 9.91. The summed E-state index contributed by atoms with van der Waals surface area (Å²) in [4.78, 5) is 9.66. The van der Waals surface area contributed by atoms with Gasteiger partial charge in [-0.1, -0.05) is 116 Å². The van der Waals surface area contributed by atoms with E-state index in [-0.39, 0.29) is 0 Å². The predicted octanol–water partition coefficient (Wildman–Crippen LogP) is 9.43. The summed E-state index contributed by atoms with van der Waals surface area (Å²) in [6, 6.07) is 27.2. The van der Waals surface area contributed by atoms with E-state index in [0.717, 1.165) is 61.5 Å². The summed E-state index contributed by atoms with van der Waals surface area (Å²) in [5.74, 6) is 0. The molecule has 2 heteroatoms. The molecule has 0 aliphatic rings. The van der Waals surface area contributed by atoms with Crippen molar-refractivity contribution in [3.63, 3.8) is 0 Å². The normalized spacial score (nSPS) is 13.1. The Balaban J connectivity index is 2.25. The third-order valence-corrected chi connectivity index (χ3v) is 6.30. The van der Waals surface area contributed by atoms with Gasteiger partial charge in [-0.05, 0) is 62.2 Å². The van der Waals surface area contributed by atoms with Crippen molar-refractivity contribution in [2.75, 3.05) is 0 Å². The minimum atomic E-state index is 0.539. The van der Waals surface area contributed by atoms with Gasteiger partial charge in [0.1, 0.15) is 0 Å². The van der Waals surface area contributed by atoms with Crippen molar-refractivity contribution >= 4 is 18.0 Å². The molecular weight excluding hydrogens is 448 g/mol. The summed E-state index contributed by atoms with van der Waals surface area (Å²) >= 11 is 0. The van der Waals surface area contributed by atoms with Crippen molar-refractivity contribution in [2.45, 2.75) is 34.2 Å². The Hall–Kier alpha value is -4.30. The number of nitrogens with zero attached hydrogens (tertiary/aromatic N) is 2. The van der Waals surface area contributed by atoms with Crippen molar-refractivity contribution < 1.29 is 0 Å². The zero-order valence-corrected chi connectivity index (χ0v) is 22.5. The lowest BCUT2D eigenvalue weighted by Crippen LogP contribution is -2.09. The maximum Gasteiger partial charge on any atom is 0.0747 e. The SMILES string of the molecule is C=CC(/C(N=C)=C(\C)C(=NCc1ccc(C(=C)C)cc1)c1ccccc1-c1ccccc1)=C(C)\C=C/C. The van der Waals surface area contributed by atoms with Gasteiger partial charge in [0.15, 0.2) is 0 Å². The number of rotatable bonds is 10. The molecule has 0 N–H and O–H groups in total. The molecule has 0 atom stereocenters. The quantitative estimate of drug-likeness (QED) is 0.202. The summed E-state index contributed by atoms with van der Waals surface area (Å²) in [5.41, 5.74) is 11.3. The molecule has 0 radical (unpaired) electrons. The Bertz CT molecular complexity index is 1400. The van der Waals surface area contributed by atoms with Crippen LogP contribution in [0, 0.1) is 0 Å². The Morgan fingerprint density at radius 3 is 2.11 bits per heavy atom. The molecule has 0 fully saturated rings. The number of hydrogen-bond donors (Lipinski definition) is 0. The lowest BCUT2D eigenvalue weighted by molar-refractivity contribution is 1.06. The molecule has 0 amide bonds. The number of aliphatic imine (C=N–C) groups is 2. The molecule has 0 bridgehead atoms. The second-order valence-electron chi connectivity index (χ2n) is 8.99. The van der Waals surface area contributed by atoms with Crippen molar-refractivity contribution in [3.05, 3.63) is 149 Å². The molecule has 0 saturated heterocycles. The van der Waals surface area contributed by atoms with Crippen molar-refractivity contribution in [1.82, 2.24) is 0 Å². The molecule has 2 nitrogen and oxygen atoms in total. The molecule has 0 saturated carbocycles. The smallest absolute Gasteiger partial charge is 0.0747 e. The fourth-order valence-corrected chi connectivity index (χ4v) is 4.33. The highest BCUT2D eigenvalue weighted by molar-refractivity contribution is 6.16. The summed E-state index contributed by atoms with van der Waals surface area (Å²) in [6.07, 6.45) is 5.93. The Kier molecular flexibility index (Phi) is 9.69. The summed E-state index contributed by atoms with van der Waals surface area (Å²) in [5, 5.41) is 0. The van der Waals surface area contributed by atoms with Crippen LogP contribution < -0.4 is 0 Å². The minimum Gasteiger partial charge on any atom is -0.280 e. The van der Waals surface area contributed by atoms with E-state index < -0.39 is 0 Å². The van der Waals surface area contributed by atoms with E-state index >= 15 is 0 Å². The van der Waals surface area contributed by atoms with Crippen molar-refractivity contribution in [2.24, 2.45) is 9.98 Å². The van der Waals surface area contributed by atoms with E-state index in [0.29, 0.717) is 6.54 Å². The van der Waals surface area contributed by atoms with Crippen LogP contribution in [0.15, 0.2) is 143 Å². The second kappa shape index (κ2) is 13.1. The van der Waals surface area contributed by atoms with Gasteiger partial charge in [-0.25, -0.2) is 0 Å². The average molecular weight is 485 g/mol. The molecular formula is C35H36N2. The van der Waals surface area contributed by atoms with Gasteiger partial charge in [-0.2, -0.15) is 0 Å². The fraction of sp³-hybridized carbons (Fsp3) is 0.143. The van der Waals surface area contributed by atoms with E-state index in [9.17, 15) is 0 Å². The van der Waals surface area contributed by atoms with Crippen LogP contribution in [0.3, 0.4) is 0 Å². The molecule has 0 heterocycles. The molecule has 0 aliphatic heterocycles. The van der Waals surface area contributed by atoms with Crippen LogP contribution in [0.4, 0.5) is 0 Å². The second-order valence-corrected chi connectivity index (χ2v) is 8.99. The highest BCUT2D eigenvalue weighted by atomic mass is 14.8. The first-order valence-electron chi connectivity index (χ1n) is 12.5. The van der Waals surface area contributed by atoms with Crippen LogP contribution in [-0.2, 0) is 6.54 Å².